The van der Waals surface area contributed by atoms with Gasteiger partial charge in [-0.3, -0.25) is 4.79 Å². The number of aliphatic hydroxyl groups excluding tert-OH is 1. The third-order valence-corrected chi connectivity index (χ3v) is 3.46. The van der Waals surface area contributed by atoms with E-state index in [1.807, 2.05) is 54.6 Å². The zero-order valence-corrected chi connectivity index (χ0v) is 13.0. The second kappa shape index (κ2) is 7.93. The summed E-state index contributed by atoms with van der Waals surface area (Å²) in [5.41, 5.74) is 1.58. The molecule has 0 radical (unpaired) electrons. The van der Waals surface area contributed by atoms with E-state index in [0.717, 1.165) is 15.7 Å². The largest absolute Gasteiger partial charge is 0.387 e. The lowest BCUT2D eigenvalue weighted by atomic mass is 10.1. The second-order valence-electron chi connectivity index (χ2n) is 4.61. The summed E-state index contributed by atoms with van der Waals surface area (Å²) < 4.78 is 0.963. The van der Waals surface area contributed by atoms with Gasteiger partial charge >= 0.3 is 0 Å². The summed E-state index contributed by atoms with van der Waals surface area (Å²) in [7, 11) is 0. The number of amides is 1. The number of carbonyl (C=O) groups is 1. The number of halogens is 1. The first-order valence-corrected chi connectivity index (χ1v) is 7.43. The van der Waals surface area contributed by atoms with Crippen LogP contribution in [-0.4, -0.2) is 24.1 Å². The fraction of sp³-hybridized carbons (Fsp3) is 0.188. The SMILES string of the molecule is O=C(CNCC(O)c1ccccc1)Nc1ccc(Br)cc1. The fourth-order valence-corrected chi connectivity index (χ4v) is 2.12. The number of nitrogens with one attached hydrogen (secondary N) is 2. The average Bonchev–Trinajstić information content (AvgIpc) is 2.50. The van der Waals surface area contributed by atoms with Crippen LogP contribution in [0.2, 0.25) is 0 Å². The molecule has 2 aromatic carbocycles. The van der Waals surface area contributed by atoms with Crippen molar-refractivity contribution < 1.29 is 9.90 Å². The molecule has 3 N–H and O–H groups in total. The van der Waals surface area contributed by atoms with Gasteiger partial charge in [0, 0.05) is 16.7 Å². The molecule has 0 saturated carbocycles. The highest BCUT2D eigenvalue weighted by Gasteiger charge is 2.07. The van der Waals surface area contributed by atoms with Crippen LogP contribution in [0, 0.1) is 0 Å². The van der Waals surface area contributed by atoms with Crippen LogP contribution in [0.1, 0.15) is 11.7 Å². The molecule has 1 unspecified atom stereocenters. The molecular formula is C16H17BrN2O2. The van der Waals surface area contributed by atoms with Gasteiger partial charge in [0.1, 0.15) is 0 Å². The van der Waals surface area contributed by atoms with Gasteiger partial charge in [-0.05, 0) is 29.8 Å². The van der Waals surface area contributed by atoms with Crippen molar-refractivity contribution in [2.45, 2.75) is 6.10 Å². The topological polar surface area (TPSA) is 61.4 Å². The molecular weight excluding hydrogens is 332 g/mol. The van der Waals surface area contributed by atoms with Crippen LogP contribution in [0.25, 0.3) is 0 Å². The lowest BCUT2D eigenvalue weighted by Crippen LogP contribution is -2.31. The monoisotopic (exact) mass is 348 g/mol. The lowest BCUT2D eigenvalue weighted by molar-refractivity contribution is -0.115. The van der Waals surface area contributed by atoms with E-state index >= 15 is 0 Å². The van der Waals surface area contributed by atoms with Crippen molar-refractivity contribution >= 4 is 27.5 Å². The number of hydrogen-bond donors (Lipinski definition) is 3. The molecule has 21 heavy (non-hydrogen) atoms. The summed E-state index contributed by atoms with van der Waals surface area (Å²) in [6.07, 6.45) is -0.619. The molecule has 1 atom stereocenters. The Bertz CT molecular complexity index is 573. The second-order valence-corrected chi connectivity index (χ2v) is 5.53. The first kappa shape index (κ1) is 15.7. The predicted molar refractivity (Wildman–Crippen MR) is 87.0 cm³/mol. The van der Waals surface area contributed by atoms with E-state index < -0.39 is 6.10 Å². The van der Waals surface area contributed by atoms with Crippen molar-refractivity contribution in [1.29, 1.82) is 0 Å². The third-order valence-electron chi connectivity index (χ3n) is 2.94. The maximum atomic E-state index is 11.7. The van der Waals surface area contributed by atoms with Gasteiger partial charge in [-0.1, -0.05) is 46.3 Å². The number of aliphatic hydroxyl groups is 1. The highest BCUT2D eigenvalue weighted by atomic mass is 79.9. The molecule has 0 aliphatic heterocycles. The minimum Gasteiger partial charge on any atom is -0.387 e. The van der Waals surface area contributed by atoms with E-state index in [1.54, 1.807) is 0 Å². The molecule has 2 aromatic rings. The minimum absolute atomic E-state index is 0.141. The summed E-state index contributed by atoms with van der Waals surface area (Å²) >= 11 is 3.34. The number of hydrogen-bond acceptors (Lipinski definition) is 3. The van der Waals surface area contributed by atoms with Gasteiger partial charge in [-0.25, -0.2) is 0 Å². The third kappa shape index (κ3) is 5.30. The first-order valence-electron chi connectivity index (χ1n) is 6.64. The molecule has 2 rings (SSSR count). The molecule has 5 heteroatoms. The average molecular weight is 349 g/mol. The molecule has 0 aromatic heterocycles. The maximum Gasteiger partial charge on any atom is 0.238 e. The Labute approximate surface area is 132 Å². The van der Waals surface area contributed by atoms with Crippen LogP contribution >= 0.6 is 15.9 Å². The molecule has 0 aliphatic carbocycles. The van der Waals surface area contributed by atoms with Crippen LogP contribution in [0.5, 0.6) is 0 Å². The van der Waals surface area contributed by atoms with Gasteiger partial charge in [0.05, 0.1) is 12.6 Å². The van der Waals surface area contributed by atoms with Crippen molar-refractivity contribution in [1.82, 2.24) is 5.32 Å². The smallest absolute Gasteiger partial charge is 0.238 e. The Hall–Kier alpha value is -1.69. The standard InChI is InChI=1S/C16H17BrN2O2/c17-13-6-8-14(9-7-13)19-16(21)11-18-10-15(20)12-4-2-1-3-5-12/h1-9,15,18,20H,10-11H2,(H,19,21). The van der Waals surface area contributed by atoms with E-state index in [1.165, 1.54) is 0 Å². The first-order chi connectivity index (χ1) is 10.1. The highest BCUT2D eigenvalue weighted by Crippen LogP contribution is 2.14. The van der Waals surface area contributed by atoms with Gasteiger partial charge < -0.3 is 15.7 Å². The van der Waals surface area contributed by atoms with Crippen LogP contribution in [0.15, 0.2) is 59.1 Å². The predicted octanol–water partition coefficient (Wildman–Crippen LogP) is 2.71. The van der Waals surface area contributed by atoms with Crippen LogP contribution in [0.4, 0.5) is 5.69 Å². The van der Waals surface area contributed by atoms with Gasteiger partial charge in [0.2, 0.25) is 5.91 Å². The fourth-order valence-electron chi connectivity index (χ4n) is 1.85. The Morgan fingerprint density at radius 2 is 1.76 bits per heavy atom. The van der Waals surface area contributed by atoms with Gasteiger partial charge in [0.25, 0.3) is 0 Å². The Balaban J connectivity index is 1.73. The Morgan fingerprint density at radius 3 is 2.43 bits per heavy atom. The number of anilines is 1. The van der Waals surface area contributed by atoms with Crippen molar-refractivity contribution in [2.75, 3.05) is 18.4 Å². The lowest BCUT2D eigenvalue weighted by Gasteiger charge is -2.12. The summed E-state index contributed by atoms with van der Waals surface area (Å²) in [6.45, 7) is 0.484. The Morgan fingerprint density at radius 1 is 1.10 bits per heavy atom. The van der Waals surface area contributed by atoms with Crippen molar-refractivity contribution in [2.24, 2.45) is 0 Å². The number of rotatable bonds is 6. The molecule has 110 valence electrons. The van der Waals surface area contributed by atoms with Crippen molar-refractivity contribution in [3.05, 3.63) is 64.6 Å². The highest BCUT2D eigenvalue weighted by molar-refractivity contribution is 9.10. The van der Waals surface area contributed by atoms with E-state index in [9.17, 15) is 9.90 Å². The zero-order valence-electron chi connectivity index (χ0n) is 11.4. The number of carbonyl (C=O) groups excluding carboxylic acids is 1. The summed E-state index contributed by atoms with van der Waals surface area (Å²) in [4.78, 5) is 11.7. The molecule has 0 heterocycles. The quantitative estimate of drug-likeness (QED) is 0.752. The Kier molecular flexibility index (Phi) is 5.92. The van der Waals surface area contributed by atoms with Crippen molar-refractivity contribution in [3.63, 3.8) is 0 Å². The molecule has 0 bridgehead atoms. The maximum absolute atomic E-state index is 11.7. The molecule has 0 saturated heterocycles. The molecule has 0 fully saturated rings. The molecule has 0 spiro atoms. The summed E-state index contributed by atoms with van der Waals surface area (Å²) in [5, 5.41) is 15.7. The van der Waals surface area contributed by atoms with Gasteiger partial charge in [-0.2, -0.15) is 0 Å². The molecule has 4 nitrogen and oxygen atoms in total. The molecule has 0 aliphatic rings. The summed E-state index contributed by atoms with van der Waals surface area (Å²) in [6, 6.07) is 16.7. The number of benzene rings is 2. The van der Waals surface area contributed by atoms with Crippen LogP contribution in [0.3, 0.4) is 0 Å². The van der Waals surface area contributed by atoms with E-state index in [4.69, 9.17) is 0 Å². The van der Waals surface area contributed by atoms with Crippen LogP contribution in [-0.2, 0) is 4.79 Å². The van der Waals surface area contributed by atoms with E-state index in [-0.39, 0.29) is 12.5 Å². The van der Waals surface area contributed by atoms with Crippen molar-refractivity contribution in [3.8, 4) is 0 Å². The van der Waals surface area contributed by atoms with Crippen LogP contribution < -0.4 is 10.6 Å². The summed E-state index contributed by atoms with van der Waals surface area (Å²) in [5.74, 6) is -0.141. The van der Waals surface area contributed by atoms with Gasteiger partial charge in [-0.15, -0.1) is 0 Å². The van der Waals surface area contributed by atoms with E-state index in [0.29, 0.717) is 6.54 Å². The normalized spacial score (nSPS) is 11.9. The minimum atomic E-state index is -0.619. The molecule has 1 amide bonds. The van der Waals surface area contributed by atoms with Gasteiger partial charge in [0.15, 0.2) is 0 Å². The van der Waals surface area contributed by atoms with E-state index in [2.05, 4.69) is 26.6 Å². The zero-order chi connectivity index (χ0) is 15.1.